The second-order valence-corrected chi connectivity index (χ2v) is 8.39. The Labute approximate surface area is 189 Å². The minimum Gasteiger partial charge on any atom is -0.455 e. The first-order valence-electron chi connectivity index (χ1n) is 11.3. The van der Waals surface area contributed by atoms with E-state index in [2.05, 4.69) is 5.32 Å². The summed E-state index contributed by atoms with van der Waals surface area (Å²) in [6, 6.07) is 18.9. The van der Waals surface area contributed by atoms with E-state index in [1.165, 1.54) is 0 Å². The van der Waals surface area contributed by atoms with Gasteiger partial charge in [0, 0.05) is 24.7 Å². The summed E-state index contributed by atoms with van der Waals surface area (Å²) >= 11 is 0. The van der Waals surface area contributed by atoms with Gasteiger partial charge >= 0.3 is 5.97 Å². The Balaban J connectivity index is 1.48. The van der Waals surface area contributed by atoms with E-state index in [0.29, 0.717) is 25.9 Å². The van der Waals surface area contributed by atoms with Crippen molar-refractivity contribution in [2.24, 2.45) is 11.8 Å². The highest BCUT2D eigenvalue weighted by molar-refractivity contribution is 5.92. The van der Waals surface area contributed by atoms with Crippen LogP contribution in [0.5, 0.6) is 0 Å². The van der Waals surface area contributed by atoms with Crippen molar-refractivity contribution in [2.45, 2.75) is 39.0 Å². The number of carbonyl (C=O) groups excluding carboxylic acids is 3. The molecule has 0 aromatic heterocycles. The molecule has 0 unspecified atom stereocenters. The van der Waals surface area contributed by atoms with Crippen molar-refractivity contribution in [3.8, 4) is 0 Å². The van der Waals surface area contributed by atoms with Crippen molar-refractivity contribution in [3.63, 3.8) is 0 Å². The van der Waals surface area contributed by atoms with Crippen molar-refractivity contribution >= 4 is 23.5 Å². The number of nitrogens with one attached hydrogen (secondary N) is 1. The predicted molar refractivity (Wildman–Crippen MR) is 124 cm³/mol. The zero-order valence-electron chi connectivity index (χ0n) is 18.8. The summed E-state index contributed by atoms with van der Waals surface area (Å²) in [5.74, 6) is -1.00. The van der Waals surface area contributed by atoms with E-state index in [1.807, 2.05) is 74.5 Å². The van der Waals surface area contributed by atoms with Crippen LogP contribution in [0.4, 0.5) is 5.69 Å². The average Bonchev–Trinajstić information content (AvgIpc) is 2.84. The van der Waals surface area contributed by atoms with E-state index in [-0.39, 0.29) is 42.1 Å². The third-order valence-corrected chi connectivity index (χ3v) is 6.22. The lowest BCUT2D eigenvalue weighted by Gasteiger charge is -2.31. The minimum atomic E-state index is -0.388. The number of rotatable bonds is 8. The maximum atomic E-state index is 12.8. The quantitative estimate of drug-likeness (QED) is 0.628. The SMILES string of the molecule is CC[C@@H](C)[C@H](C(=O)OCC(=O)N1CCC(C(=O)Nc2ccccc2)CC1)c1ccccc1. The van der Waals surface area contributed by atoms with Crippen LogP contribution in [0.1, 0.15) is 44.6 Å². The summed E-state index contributed by atoms with van der Waals surface area (Å²) in [5.41, 5.74) is 1.68. The number of anilines is 1. The normalized spacial score (nSPS) is 16.1. The van der Waals surface area contributed by atoms with Crippen molar-refractivity contribution in [2.75, 3.05) is 25.0 Å². The zero-order chi connectivity index (χ0) is 22.9. The topological polar surface area (TPSA) is 75.7 Å². The maximum absolute atomic E-state index is 12.8. The van der Waals surface area contributed by atoms with Crippen LogP contribution in [-0.2, 0) is 19.1 Å². The molecule has 6 heteroatoms. The van der Waals surface area contributed by atoms with Crippen LogP contribution in [0, 0.1) is 11.8 Å². The number of likely N-dealkylation sites (tertiary alicyclic amines) is 1. The number of benzene rings is 2. The molecule has 0 spiro atoms. The molecule has 32 heavy (non-hydrogen) atoms. The van der Waals surface area contributed by atoms with E-state index >= 15 is 0 Å². The third kappa shape index (κ3) is 6.19. The van der Waals surface area contributed by atoms with Crippen molar-refractivity contribution < 1.29 is 19.1 Å². The Bertz CT molecular complexity index is 893. The highest BCUT2D eigenvalue weighted by Crippen LogP contribution is 2.28. The number of carbonyl (C=O) groups is 3. The molecule has 1 heterocycles. The fourth-order valence-corrected chi connectivity index (χ4v) is 4.06. The van der Waals surface area contributed by atoms with E-state index in [9.17, 15) is 14.4 Å². The molecule has 0 radical (unpaired) electrons. The number of hydrogen-bond donors (Lipinski definition) is 1. The molecule has 2 atom stereocenters. The van der Waals surface area contributed by atoms with Crippen molar-refractivity contribution in [1.29, 1.82) is 0 Å². The van der Waals surface area contributed by atoms with Gasteiger partial charge in [0.1, 0.15) is 0 Å². The van der Waals surface area contributed by atoms with E-state index < -0.39 is 0 Å². The molecule has 1 aliphatic rings. The fourth-order valence-electron chi connectivity index (χ4n) is 4.06. The van der Waals surface area contributed by atoms with Crippen molar-refractivity contribution in [3.05, 3.63) is 66.2 Å². The van der Waals surface area contributed by atoms with Crippen LogP contribution in [-0.4, -0.2) is 42.4 Å². The van der Waals surface area contributed by atoms with Crippen LogP contribution >= 0.6 is 0 Å². The monoisotopic (exact) mass is 436 g/mol. The first kappa shape index (κ1) is 23.5. The number of amides is 2. The molecule has 1 fully saturated rings. The lowest BCUT2D eigenvalue weighted by Crippen LogP contribution is -2.43. The molecule has 1 saturated heterocycles. The first-order chi connectivity index (χ1) is 15.5. The largest absolute Gasteiger partial charge is 0.455 e. The molecule has 2 amide bonds. The molecular formula is C26H32N2O4. The molecule has 0 bridgehead atoms. The number of hydrogen-bond acceptors (Lipinski definition) is 4. The lowest BCUT2D eigenvalue weighted by atomic mass is 9.86. The van der Waals surface area contributed by atoms with E-state index in [4.69, 9.17) is 4.74 Å². The Hall–Kier alpha value is -3.15. The number of esters is 1. The van der Waals surface area contributed by atoms with Gasteiger partial charge < -0.3 is 15.0 Å². The first-order valence-corrected chi connectivity index (χ1v) is 11.3. The second-order valence-electron chi connectivity index (χ2n) is 8.39. The fraction of sp³-hybridized carbons (Fsp3) is 0.423. The number of nitrogens with zero attached hydrogens (tertiary/aromatic N) is 1. The number of ether oxygens (including phenoxy) is 1. The van der Waals surface area contributed by atoms with Gasteiger partial charge in [0.15, 0.2) is 6.61 Å². The summed E-state index contributed by atoms with van der Waals surface area (Å²) in [6.45, 7) is 4.76. The molecule has 6 nitrogen and oxygen atoms in total. The van der Waals surface area contributed by atoms with Gasteiger partial charge in [0.25, 0.3) is 5.91 Å². The average molecular weight is 437 g/mol. The van der Waals surface area contributed by atoms with Gasteiger partial charge in [0.05, 0.1) is 5.92 Å². The maximum Gasteiger partial charge on any atom is 0.314 e. The molecule has 170 valence electrons. The Morgan fingerprint density at radius 1 is 1.00 bits per heavy atom. The zero-order valence-corrected chi connectivity index (χ0v) is 18.8. The summed E-state index contributed by atoms with van der Waals surface area (Å²) < 4.78 is 5.44. The lowest BCUT2D eigenvalue weighted by molar-refractivity contribution is -0.155. The molecule has 1 aliphatic heterocycles. The summed E-state index contributed by atoms with van der Waals surface area (Å²) in [7, 11) is 0. The summed E-state index contributed by atoms with van der Waals surface area (Å²) in [4.78, 5) is 39.6. The third-order valence-electron chi connectivity index (χ3n) is 6.22. The Morgan fingerprint density at radius 2 is 1.59 bits per heavy atom. The Morgan fingerprint density at radius 3 is 2.19 bits per heavy atom. The summed E-state index contributed by atoms with van der Waals surface area (Å²) in [5, 5.41) is 2.93. The van der Waals surface area contributed by atoms with Gasteiger partial charge in [-0.1, -0.05) is 68.8 Å². The van der Waals surface area contributed by atoms with E-state index in [0.717, 1.165) is 17.7 Å². The van der Waals surface area contributed by atoms with Gasteiger partial charge in [-0.3, -0.25) is 14.4 Å². The predicted octanol–water partition coefficient (Wildman–Crippen LogP) is 4.24. The molecule has 1 N–H and O–H groups in total. The van der Waals surface area contributed by atoms with E-state index in [1.54, 1.807) is 4.90 Å². The van der Waals surface area contributed by atoms with Gasteiger partial charge in [-0.2, -0.15) is 0 Å². The van der Waals surface area contributed by atoms with Crippen LogP contribution in [0.25, 0.3) is 0 Å². The van der Waals surface area contributed by atoms with Gasteiger partial charge in [-0.25, -0.2) is 0 Å². The van der Waals surface area contributed by atoms with Crippen molar-refractivity contribution in [1.82, 2.24) is 4.90 Å². The van der Waals surface area contributed by atoms with Gasteiger partial charge in [-0.05, 0) is 36.5 Å². The van der Waals surface area contributed by atoms with Crippen LogP contribution < -0.4 is 5.32 Å². The van der Waals surface area contributed by atoms with Gasteiger partial charge in [0.2, 0.25) is 5.91 Å². The highest BCUT2D eigenvalue weighted by atomic mass is 16.5. The molecule has 2 aromatic carbocycles. The summed E-state index contributed by atoms with van der Waals surface area (Å²) in [6.07, 6.45) is 2.02. The van der Waals surface area contributed by atoms with Crippen LogP contribution in [0.3, 0.4) is 0 Å². The number of para-hydroxylation sites is 1. The molecule has 0 saturated carbocycles. The second kappa shape index (κ2) is 11.5. The number of piperidine rings is 1. The molecule has 2 aromatic rings. The van der Waals surface area contributed by atoms with Crippen LogP contribution in [0.2, 0.25) is 0 Å². The Kier molecular flexibility index (Phi) is 8.42. The van der Waals surface area contributed by atoms with Crippen LogP contribution in [0.15, 0.2) is 60.7 Å². The molecular weight excluding hydrogens is 404 g/mol. The van der Waals surface area contributed by atoms with Gasteiger partial charge in [-0.15, -0.1) is 0 Å². The molecule has 0 aliphatic carbocycles. The minimum absolute atomic E-state index is 0.0195. The smallest absolute Gasteiger partial charge is 0.314 e. The standard InChI is InChI=1S/C26H32N2O4/c1-3-19(2)24(20-10-6-4-7-11-20)26(31)32-18-23(29)28-16-14-21(15-17-28)25(30)27-22-12-8-5-9-13-22/h4-13,19,21,24H,3,14-18H2,1-2H3,(H,27,30)/t19-,24+/m1/s1. The highest BCUT2D eigenvalue weighted by Gasteiger charge is 2.30. The molecule has 3 rings (SSSR count).